The molecule has 4 rings (SSSR count). The molecule has 0 aromatic carbocycles. The number of nitrogens with one attached hydrogen (secondary N) is 1. The van der Waals surface area contributed by atoms with Gasteiger partial charge in [-0.15, -0.1) is 0 Å². The highest BCUT2D eigenvalue weighted by Gasteiger charge is 2.30. The highest BCUT2D eigenvalue weighted by Crippen LogP contribution is 2.24. The minimum atomic E-state index is -4.35. The van der Waals surface area contributed by atoms with E-state index in [0.717, 1.165) is 6.42 Å². The number of aromatic nitrogens is 4. The molecule has 1 atom stereocenters. The number of carbonyl (C=O) groups excluding carboxylic acids is 1. The van der Waals surface area contributed by atoms with E-state index in [1.807, 2.05) is 0 Å². The van der Waals surface area contributed by atoms with Gasteiger partial charge in [-0.25, -0.2) is 19.3 Å². The number of hydrogen-bond donors (Lipinski definition) is 1. The van der Waals surface area contributed by atoms with Crippen LogP contribution in [0.2, 0.25) is 0 Å². The van der Waals surface area contributed by atoms with E-state index in [0.29, 0.717) is 42.5 Å². The number of carbonyl (C=O) groups is 1. The first-order valence-corrected chi connectivity index (χ1v) is 9.85. The van der Waals surface area contributed by atoms with Crippen LogP contribution in [0.4, 0.5) is 23.4 Å². The van der Waals surface area contributed by atoms with Crippen LogP contribution in [0.15, 0.2) is 36.8 Å². The summed E-state index contributed by atoms with van der Waals surface area (Å²) in [6, 6.07) is 4.38. The van der Waals surface area contributed by atoms with Crippen LogP contribution >= 0.6 is 0 Å². The predicted octanol–water partition coefficient (Wildman–Crippen LogP) is 3.68. The molecule has 1 aliphatic rings. The normalized spacial score (nSPS) is 17.2. The molecule has 1 unspecified atom stereocenters. The topological polar surface area (TPSA) is 75.4 Å². The second-order valence-corrected chi connectivity index (χ2v) is 7.42. The molecule has 4 heterocycles. The Kier molecular flexibility index (Phi) is 5.75. The van der Waals surface area contributed by atoms with E-state index < -0.39 is 30.7 Å². The lowest BCUT2D eigenvalue weighted by molar-refractivity contribution is -0.149. The third-order valence-corrected chi connectivity index (χ3v) is 5.10. The summed E-state index contributed by atoms with van der Waals surface area (Å²) >= 11 is 0. The van der Waals surface area contributed by atoms with Gasteiger partial charge in [0.1, 0.15) is 23.0 Å². The van der Waals surface area contributed by atoms with Gasteiger partial charge >= 0.3 is 6.18 Å². The smallest absolute Gasteiger partial charge is 0.365 e. The molecule has 31 heavy (non-hydrogen) atoms. The average molecular weight is 436 g/mol. The molecule has 164 valence electrons. The molecule has 1 fully saturated rings. The molecule has 7 nitrogen and oxygen atoms in total. The number of imidazole rings is 1. The Balaban J connectivity index is 1.45. The van der Waals surface area contributed by atoms with Crippen LogP contribution in [0.5, 0.6) is 0 Å². The van der Waals surface area contributed by atoms with Crippen molar-refractivity contribution in [1.29, 1.82) is 0 Å². The molecule has 0 aliphatic carbocycles. The number of hydrogen-bond acceptors (Lipinski definition) is 5. The van der Waals surface area contributed by atoms with Gasteiger partial charge in [0.25, 0.3) is 0 Å². The van der Waals surface area contributed by atoms with Gasteiger partial charge in [-0.2, -0.15) is 13.2 Å². The molecule has 1 amide bonds. The predicted molar refractivity (Wildman–Crippen MR) is 105 cm³/mol. The molecule has 1 saturated heterocycles. The molecule has 0 saturated carbocycles. The summed E-state index contributed by atoms with van der Waals surface area (Å²) in [6.45, 7) is 0.744. The van der Waals surface area contributed by atoms with Gasteiger partial charge < -0.3 is 10.2 Å². The zero-order chi connectivity index (χ0) is 22.0. The Labute approximate surface area is 175 Å². The van der Waals surface area contributed by atoms with E-state index in [1.54, 1.807) is 28.9 Å². The fourth-order valence-electron chi connectivity index (χ4n) is 3.62. The average Bonchev–Trinajstić information content (AvgIpc) is 3.15. The summed E-state index contributed by atoms with van der Waals surface area (Å²) < 4.78 is 52.4. The summed E-state index contributed by atoms with van der Waals surface area (Å²) in [4.78, 5) is 26.5. The quantitative estimate of drug-likeness (QED) is 0.618. The lowest BCUT2D eigenvalue weighted by Crippen LogP contribution is -2.45. The summed E-state index contributed by atoms with van der Waals surface area (Å²) in [7, 11) is 0. The van der Waals surface area contributed by atoms with Crippen molar-refractivity contribution in [1.82, 2.24) is 24.3 Å². The fraction of sp³-hybridized carbons (Fsp3) is 0.400. The monoisotopic (exact) mass is 436 g/mol. The number of halogens is 4. The Morgan fingerprint density at radius 1 is 1.23 bits per heavy atom. The Morgan fingerprint density at radius 3 is 2.87 bits per heavy atom. The van der Waals surface area contributed by atoms with Crippen molar-refractivity contribution in [2.75, 3.05) is 18.4 Å². The van der Waals surface area contributed by atoms with E-state index in [-0.39, 0.29) is 6.04 Å². The van der Waals surface area contributed by atoms with Gasteiger partial charge in [0, 0.05) is 37.9 Å². The maximum Gasteiger partial charge on any atom is 0.389 e. The molecule has 0 radical (unpaired) electrons. The fourth-order valence-corrected chi connectivity index (χ4v) is 3.62. The van der Waals surface area contributed by atoms with Gasteiger partial charge in [0.2, 0.25) is 5.91 Å². The Hall–Kier alpha value is -3.24. The number of amides is 1. The van der Waals surface area contributed by atoms with Crippen LogP contribution in [0, 0.1) is 5.82 Å². The first-order valence-electron chi connectivity index (χ1n) is 9.85. The summed E-state index contributed by atoms with van der Waals surface area (Å²) in [5.41, 5.74) is 1.07. The van der Waals surface area contributed by atoms with Crippen molar-refractivity contribution >= 4 is 17.4 Å². The Morgan fingerprint density at radius 2 is 2.06 bits per heavy atom. The number of likely N-dealkylation sites (tertiary alicyclic amines) is 1. The molecule has 3 aromatic heterocycles. The van der Waals surface area contributed by atoms with E-state index in [9.17, 15) is 22.4 Å². The number of alkyl halides is 3. The van der Waals surface area contributed by atoms with Crippen molar-refractivity contribution in [3.8, 4) is 11.5 Å². The van der Waals surface area contributed by atoms with Gasteiger partial charge in [-0.1, -0.05) is 0 Å². The maximum absolute atomic E-state index is 13.6. The van der Waals surface area contributed by atoms with Crippen LogP contribution in [-0.4, -0.2) is 55.5 Å². The number of rotatable bonds is 5. The molecule has 11 heteroatoms. The lowest BCUT2D eigenvalue weighted by atomic mass is 10.0. The molecular formula is C20H20F4N6O. The summed E-state index contributed by atoms with van der Waals surface area (Å²) in [6.07, 6.45) is -0.167. The van der Waals surface area contributed by atoms with Crippen molar-refractivity contribution in [2.45, 2.75) is 37.9 Å². The third-order valence-electron chi connectivity index (χ3n) is 5.10. The van der Waals surface area contributed by atoms with Crippen LogP contribution in [0.25, 0.3) is 17.2 Å². The van der Waals surface area contributed by atoms with Crippen molar-refractivity contribution in [3.05, 3.63) is 42.6 Å². The van der Waals surface area contributed by atoms with Crippen LogP contribution in [0.1, 0.15) is 25.7 Å². The Bertz CT molecular complexity index is 1080. The molecule has 3 aromatic rings. The van der Waals surface area contributed by atoms with Gasteiger partial charge in [-0.05, 0) is 31.0 Å². The first kappa shape index (κ1) is 21.0. The standard InChI is InChI=1S/C20H20F4N6O/c21-13-3-4-17-26-10-15(30(17)11-13)19-25-8-6-16(28-19)27-14-2-1-9-29(12-14)18(31)5-7-20(22,23)24/h3-4,6,8,10-11,14H,1-2,5,7,9,12H2,(H,25,27,28). The van der Waals surface area contributed by atoms with E-state index in [1.165, 1.54) is 17.2 Å². The second-order valence-electron chi connectivity index (χ2n) is 7.42. The minimum Gasteiger partial charge on any atom is -0.365 e. The zero-order valence-electron chi connectivity index (χ0n) is 16.4. The highest BCUT2D eigenvalue weighted by atomic mass is 19.4. The van der Waals surface area contributed by atoms with Crippen LogP contribution in [0.3, 0.4) is 0 Å². The summed E-state index contributed by atoms with van der Waals surface area (Å²) in [5.74, 6) is -0.0681. The van der Waals surface area contributed by atoms with Crippen molar-refractivity contribution < 1.29 is 22.4 Å². The molecule has 1 N–H and O–H groups in total. The van der Waals surface area contributed by atoms with E-state index >= 15 is 0 Å². The molecular weight excluding hydrogens is 416 g/mol. The number of anilines is 1. The molecule has 1 aliphatic heterocycles. The first-order chi connectivity index (χ1) is 14.8. The number of piperidine rings is 1. The van der Waals surface area contributed by atoms with Crippen molar-refractivity contribution in [3.63, 3.8) is 0 Å². The minimum absolute atomic E-state index is 0.147. The van der Waals surface area contributed by atoms with Gasteiger partial charge in [-0.3, -0.25) is 9.20 Å². The zero-order valence-corrected chi connectivity index (χ0v) is 16.4. The van der Waals surface area contributed by atoms with E-state index in [2.05, 4.69) is 20.3 Å². The van der Waals surface area contributed by atoms with Crippen LogP contribution < -0.4 is 5.32 Å². The van der Waals surface area contributed by atoms with E-state index in [4.69, 9.17) is 0 Å². The van der Waals surface area contributed by atoms with Gasteiger partial charge in [0.15, 0.2) is 5.82 Å². The maximum atomic E-state index is 13.6. The number of fused-ring (bicyclic) bond motifs is 1. The van der Waals surface area contributed by atoms with Crippen LogP contribution in [-0.2, 0) is 4.79 Å². The second kappa shape index (κ2) is 8.48. The number of pyridine rings is 1. The third kappa shape index (κ3) is 5.09. The molecule has 0 spiro atoms. The highest BCUT2D eigenvalue weighted by molar-refractivity contribution is 5.76. The lowest BCUT2D eigenvalue weighted by Gasteiger charge is -2.33. The molecule has 0 bridgehead atoms. The van der Waals surface area contributed by atoms with Crippen molar-refractivity contribution in [2.24, 2.45) is 0 Å². The number of nitrogens with zero attached hydrogens (tertiary/aromatic N) is 5. The summed E-state index contributed by atoms with van der Waals surface area (Å²) in [5, 5.41) is 3.23. The largest absolute Gasteiger partial charge is 0.389 e. The SMILES string of the molecule is O=C(CCC(F)(F)F)N1CCCC(Nc2ccnc(-c3cnc4ccc(F)cn34)n2)C1. The van der Waals surface area contributed by atoms with Gasteiger partial charge in [0.05, 0.1) is 12.6 Å².